The van der Waals surface area contributed by atoms with Crippen LogP contribution in [0.2, 0.25) is 0 Å². The minimum atomic E-state index is -0.159. The SMILES string of the molecule is Fc1ccccc1NCCSC1CCCC1. The maximum absolute atomic E-state index is 13.2. The van der Waals surface area contributed by atoms with Crippen molar-refractivity contribution < 1.29 is 4.39 Å². The molecule has 1 aromatic carbocycles. The van der Waals surface area contributed by atoms with Crippen LogP contribution in [0.15, 0.2) is 24.3 Å². The highest BCUT2D eigenvalue weighted by Crippen LogP contribution is 2.29. The Morgan fingerprint density at radius 2 is 2.00 bits per heavy atom. The van der Waals surface area contributed by atoms with Crippen LogP contribution >= 0.6 is 11.8 Å². The molecule has 1 aliphatic rings. The first-order valence-corrected chi connectivity index (χ1v) is 7.01. The van der Waals surface area contributed by atoms with Crippen molar-refractivity contribution in [3.63, 3.8) is 0 Å². The Kier molecular flexibility index (Phi) is 4.52. The molecular formula is C13H18FNS. The fourth-order valence-electron chi connectivity index (χ4n) is 2.07. The van der Waals surface area contributed by atoms with Gasteiger partial charge in [-0.25, -0.2) is 4.39 Å². The van der Waals surface area contributed by atoms with Gasteiger partial charge in [0.05, 0.1) is 5.69 Å². The molecule has 1 aliphatic carbocycles. The zero-order valence-electron chi connectivity index (χ0n) is 9.42. The van der Waals surface area contributed by atoms with E-state index in [0.717, 1.165) is 17.5 Å². The van der Waals surface area contributed by atoms with E-state index in [1.165, 1.54) is 31.7 Å². The van der Waals surface area contributed by atoms with Gasteiger partial charge in [-0.15, -0.1) is 0 Å². The Labute approximate surface area is 101 Å². The second kappa shape index (κ2) is 6.14. The van der Waals surface area contributed by atoms with Crippen LogP contribution in [0.25, 0.3) is 0 Å². The van der Waals surface area contributed by atoms with Gasteiger partial charge in [0, 0.05) is 17.5 Å². The summed E-state index contributed by atoms with van der Waals surface area (Å²) in [4.78, 5) is 0. The number of rotatable bonds is 5. The lowest BCUT2D eigenvalue weighted by Crippen LogP contribution is -2.08. The van der Waals surface area contributed by atoms with E-state index in [-0.39, 0.29) is 5.82 Å². The van der Waals surface area contributed by atoms with Gasteiger partial charge in [-0.1, -0.05) is 25.0 Å². The van der Waals surface area contributed by atoms with E-state index >= 15 is 0 Å². The molecule has 0 amide bonds. The third-order valence-electron chi connectivity index (χ3n) is 2.95. The zero-order chi connectivity index (χ0) is 11.2. The van der Waals surface area contributed by atoms with Gasteiger partial charge < -0.3 is 5.32 Å². The van der Waals surface area contributed by atoms with E-state index in [1.54, 1.807) is 12.1 Å². The molecular weight excluding hydrogens is 221 g/mol. The average molecular weight is 239 g/mol. The molecule has 3 heteroatoms. The van der Waals surface area contributed by atoms with Crippen molar-refractivity contribution in [3.8, 4) is 0 Å². The minimum Gasteiger partial charge on any atom is -0.382 e. The molecule has 1 N–H and O–H groups in total. The van der Waals surface area contributed by atoms with Crippen LogP contribution in [0.5, 0.6) is 0 Å². The first-order chi connectivity index (χ1) is 7.86. The van der Waals surface area contributed by atoms with Gasteiger partial charge in [-0.2, -0.15) is 11.8 Å². The van der Waals surface area contributed by atoms with E-state index in [0.29, 0.717) is 5.69 Å². The molecule has 2 rings (SSSR count). The highest BCUT2D eigenvalue weighted by Gasteiger charge is 2.14. The summed E-state index contributed by atoms with van der Waals surface area (Å²) < 4.78 is 13.2. The molecule has 88 valence electrons. The number of nitrogens with one attached hydrogen (secondary N) is 1. The van der Waals surface area contributed by atoms with Crippen LogP contribution in [0.1, 0.15) is 25.7 Å². The molecule has 0 aromatic heterocycles. The van der Waals surface area contributed by atoms with E-state index in [1.807, 2.05) is 17.8 Å². The van der Waals surface area contributed by atoms with Crippen molar-refractivity contribution >= 4 is 17.4 Å². The predicted octanol–water partition coefficient (Wildman–Crippen LogP) is 3.91. The van der Waals surface area contributed by atoms with Gasteiger partial charge in [-0.05, 0) is 25.0 Å². The van der Waals surface area contributed by atoms with Crippen molar-refractivity contribution in [2.75, 3.05) is 17.6 Å². The summed E-state index contributed by atoms with van der Waals surface area (Å²) in [6, 6.07) is 6.85. The Hall–Kier alpha value is -0.700. The third kappa shape index (κ3) is 3.41. The monoisotopic (exact) mass is 239 g/mol. The van der Waals surface area contributed by atoms with E-state index in [4.69, 9.17) is 0 Å². The largest absolute Gasteiger partial charge is 0.382 e. The molecule has 16 heavy (non-hydrogen) atoms. The number of halogens is 1. The van der Waals surface area contributed by atoms with Crippen LogP contribution in [0, 0.1) is 5.82 Å². The van der Waals surface area contributed by atoms with Crippen LogP contribution < -0.4 is 5.32 Å². The predicted molar refractivity (Wildman–Crippen MR) is 69.6 cm³/mol. The first kappa shape index (κ1) is 11.8. The average Bonchev–Trinajstić information content (AvgIpc) is 2.79. The lowest BCUT2D eigenvalue weighted by molar-refractivity contribution is 0.630. The quantitative estimate of drug-likeness (QED) is 0.782. The van der Waals surface area contributed by atoms with Crippen LogP contribution in [0.3, 0.4) is 0 Å². The van der Waals surface area contributed by atoms with Crippen LogP contribution in [0.4, 0.5) is 10.1 Å². The van der Waals surface area contributed by atoms with Gasteiger partial charge in [-0.3, -0.25) is 0 Å². The summed E-state index contributed by atoms with van der Waals surface area (Å²) in [5, 5.41) is 3.99. The number of hydrogen-bond donors (Lipinski definition) is 1. The van der Waals surface area contributed by atoms with Crippen molar-refractivity contribution in [1.29, 1.82) is 0 Å². The second-order valence-electron chi connectivity index (χ2n) is 4.18. The third-order valence-corrected chi connectivity index (χ3v) is 4.33. The molecule has 0 spiro atoms. The lowest BCUT2D eigenvalue weighted by atomic mass is 10.3. The first-order valence-electron chi connectivity index (χ1n) is 5.96. The maximum atomic E-state index is 13.2. The Balaban J connectivity index is 1.66. The summed E-state index contributed by atoms with van der Waals surface area (Å²) in [5.41, 5.74) is 0.620. The molecule has 0 unspecified atom stereocenters. The molecule has 0 radical (unpaired) electrons. The molecule has 0 saturated heterocycles. The summed E-state index contributed by atoms with van der Waals surface area (Å²) in [6.45, 7) is 0.849. The molecule has 0 atom stereocenters. The summed E-state index contributed by atoms with van der Waals surface area (Å²) in [5.74, 6) is 0.910. The Bertz CT molecular complexity index is 323. The molecule has 1 aromatic rings. The van der Waals surface area contributed by atoms with Gasteiger partial charge in [0.2, 0.25) is 0 Å². The normalized spacial score (nSPS) is 16.6. The van der Waals surface area contributed by atoms with Crippen LogP contribution in [-0.4, -0.2) is 17.5 Å². The fourth-order valence-corrected chi connectivity index (χ4v) is 3.29. The van der Waals surface area contributed by atoms with Gasteiger partial charge in [0.25, 0.3) is 0 Å². The van der Waals surface area contributed by atoms with Crippen LogP contribution in [-0.2, 0) is 0 Å². The maximum Gasteiger partial charge on any atom is 0.146 e. The lowest BCUT2D eigenvalue weighted by Gasteiger charge is -2.10. The topological polar surface area (TPSA) is 12.0 Å². The van der Waals surface area contributed by atoms with Crippen molar-refractivity contribution in [1.82, 2.24) is 0 Å². The summed E-state index contributed by atoms with van der Waals surface area (Å²) in [6.07, 6.45) is 5.51. The van der Waals surface area contributed by atoms with Gasteiger partial charge in [0.1, 0.15) is 5.82 Å². The smallest absolute Gasteiger partial charge is 0.146 e. The summed E-state index contributed by atoms with van der Waals surface area (Å²) in [7, 11) is 0. The van der Waals surface area contributed by atoms with E-state index < -0.39 is 0 Å². The molecule has 0 bridgehead atoms. The van der Waals surface area contributed by atoms with Gasteiger partial charge in [0.15, 0.2) is 0 Å². The Morgan fingerprint density at radius 3 is 2.75 bits per heavy atom. The highest BCUT2D eigenvalue weighted by atomic mass is 32.2. The molecule has 1 saturated carbocycles. The highest BCUT2D eigenvalue weighted by molar-refractivity contribution is 7.99. The second-order valence-corrected chi connectivity index (χ2v) is 5.59. The molecule has 1 fully saturated rings. The van der Waals surface area contributed by atoms with Crippen molar-refractivity contribution in [3.05, 3.63) is 30.1 Å². The van der Waals surface area contributed by atoms with E-state index in [9.17, 15) is 4.39 Å². The zero-order valence-corrected chi connectivity index (χ0v) is 10.2. The van der Waals surface area contributed by atoms with E-state index in [2.05, 4.69) is 5.32 Å². The number of para-hydroxylation sites is 1. The summed E-state index contributed by atoms with van der Waals surface area (Å²) >= 11 is 2.02. The number of benzene rings is 1. The number of hydrogen-bond acceptors (Lipinski definition) is 2. The fraction of sp³-hybridized carbons (Fsp3) is 0.538. The molecule has 0 aliphatic heterocycles. The Morgan fingerprint density at radius 1 is 1.25 bits per heavy atom. The van der Waals surface area contributed by atoms with Crippen molar-refractivity contribution in [2.45, 2.75) is 30.9 Å². The number of anilines is 1. The van der Waals surface area contributed by atoms with Gasteiger partial charge >= 0.3 is 0 Å². The van der Waals surface area contributed by atoms with Crippen molar-refractivity contribution in [2.24, 2.45) is 0 Å². The molecule has 0 heterocycles. The molecule has 1 nitrogen and oxygen atoms in total. The standard InChI is InChI=1S/C13H18FNS/c14-12-7-3-4-8-13(12)15-9-10-16-11-5-1-2-6-11/h3-4,7-8,11,15H,1-2,5-6,9-10H2. The number of thioether (sulfide) groups is 1. The minimum absolute atomic E-state index is 0.159.